The van der Waals surface area contributed by atoms with Crippen molar-refractivity contribution in [2.24, 2.45) is 23.7 Å². The van der Waals surface area contributed by atoms with Gasteiger partial charge in [0.25, 0.3) is 0 Å². The number of carbonyl (C=O) groups excluding carboxylic acids is 3. The highest BCUT2D eigenvalue weighted by Crippen LogP contribution is 2.47. The maximum absolute atomic E-state index is 13.2. The molecule has 0 spiro atoms. The number of hydrogen-bond donors (Lipinski definition) is 1. The zero-order valence-corrected chi connectivity index (χ0v) is 21.3. The van der Waals surface area contributed by atoms with Crippen LogP contribution in [-0.2, 0) is 29.3 Å². The number of carbonyl (C=O) groups is 3. The molecule has 1 N–H and O–H groups in total. The molecule has 0 radical (unpaired) electrons. The number of benzene rings is 1. The quantitative estimate of drug-likeness (QED) is 0.478. The van der Waals surface area contributed by atoms with Gasteiger partial charge in [-0.05, 0) is 35.3 Å². The lowest BCUT2D eigenvalue weighted by atomic mass is 9.61. The summed E-state index contributed by atoms with van der Waals surface area (Å²) in [5.41, 5.74) is -0.0161. The molecular formula is C27H40O6. The van der Waals surface area contributed by atoms with Crippen molar-refractivity contribution in [3.05, 3.63) is 35.4 Å². The van der Waals surface area contributed by atoms with Crippen LogP contribution in [0, 0.1) is 23.7 Å². The SMILES string of the molecule is CC(C)COC(=O)[C@@H]1C(=O)C[C@](C)(O)[C@@H](C(=O)OCC(C)C)[C@H]1c1ccc(C(C)(C)C)cc1. The van der Waals surface area contributed by atoms with Crippen molar-refractivity contribution in [3.8, 4) is 0 Å². The van der Waals surface area contributed by atoms with Crippen molar-refractivity contribution in [1.82, 2.24) is 0 Å². The summed E-state index contributed by atoms with van der Waals surface area (Å²) in [4.78, 5) is 39.4. The molecule has 1 aliphatic rings. The van der Waals surface area contributed by atoms with Crippen LogP contribution in [0.2, 0.25) is 0 Å². The van der Waals surface area contributed by atoms with Crippen molar-refractivity contribution in [2.75, 3.05) is 13.2 Å². The minimum Gasteiger partial charge on any atom is -0.465 e. The van der Waals surface area contributed by atoms with Gasteiger partial charge >= 0.3 is 11.9 Å². The molecule has 2 rings (SSSR count). The van der Waals surface area contributed by atoms with Crippen LogP contribution in [-0.4, -0.2) is 41.6 Å². The number of esters is 2. The monoisotopic (exact) mass is 460 g/mol. The van der Waals surface area contributed by atoms with Crippen LogP contribution in [0.25, 0.3) is 0 Å². The Bertz CT molecular complexity index is 844. The van der Waals surface area contributed by atoms with Crippen LogP contribution >= 0.6 is 0 Å². The van der Waals surface area contributed by atoms with E-state index in [0.717, 1.165) is 5.56 Å². The molecule has 0 amide bonds. The fourth-order valence-corrected chi connectivity index (χ4v) is 4.30. The van der Waals surface area contributed by atoms with Crippen molar-refractivity contribution < 1.29 is 29.0 Å². The Labute approximate surface area is 198 Å². The molecule has 0 unspecified atom stereocenters. The zero-order chi connectivity index (χ0) is 25.1. The van der Waals surface area contributed by atoms with Crippen molar-refractivity contribution in [3.63, 3.8) is 0 Å². The van der Waals surface area contributed by atoms with Crippen LogP contribution in [0.15, 0.2) is 24.3 Å². The summed E-state index contributed by atoms with van der Waals surface area (Å²) in [6.07, 6.45) is -0.313. The lowest BCUT2D eigenvalue weighted by Gasteiger charge is -2.43. The van der Waals surface area contributed by atoms with E-state index in [2.05, 4.69) is 20.8 Å². The normalized spacial score (nSPS) is 25.9. The van der Waals surface area contributed by atoms with E-state index in [1.165, 1.54) is 6.92 Å². The van der Waals surface area contributed by atoms with Crippen LogP contribution < -0.4 is 0 Å². The molecule has 33 heavy (non-hydrogen) atoms. The third-order valence-electron chi connectivity index (χ3n) is 6.05. The van der Waals surface area contributed by atoms with Gasteiger partial charge in [0.2, 0.25) is 0 Å². The Kier molecular flexibility index (Phi) is 8.50. The maximum atomic E-state index is 13.2. The van der Waals surface area contributed by atoms with Gasteiger partial charge in [0.05, 0.1) is 24.7 Å². The van der Waals surface area contributed by atoms with E-state index in [1.54, 1.807) is 0 Å². The fourth-order valence-electron chi connectivity index (χ4n) is 4.30. The molecule has 1 fully saturated rings. The van der Waals surface area contributed by atoms with Crippen LogP contribution in [0.5, 0.6) is 0 Å². The molecule has 6 nitrogen and oxygen atoms in total. The molecule has 4 atom stereocenters. The first-order chi connectivity index (χ1) is 15.1. The van der Waals surface area contributed by atoms with E-state index in [9.17, 15) is 19.5 Å². The van der Waals surface area contributed by atoms with Gasteiger partial charge in [-0.3, -0.25) is 14.4 Å². The third kappa shape index (κ3) is 6.66. The summed E-state index contributed by atoms with van der Waals surface area (Å²) in [5.74, 6) is -4.61. The number of ketones is 1. The van der Waals surface area contributed by atoms with Crippen molar-refractivity contribution in [2.45, 2.75) is 78.7 Å². The van der Waals surface area contributed by atoms with Crippen LogP contribution in [0.3, 0.4) is 0 Å². The number of ether oxygens (including phenoxy) is 2. The molecular weight excluding hydrogens is 420 g/mol. The topological polar surface area (TPSA) is 89.9 Å². The van der Waals surface area contributed by atoms with Gasteiger partial charge in [-0.25, -0.2) is 0 Å². The minimum atomic E-state index is -1.65. The van der Waals surface area contributed by atoms with Crippen molar-refractivity contribution in [1.29, 1.82) is 0 Å². The summed E-state index contributed by atoms with van der Waals surface area (Å²) < 4.78 is 11.0. The molecule has 1 aromatic rings. The molecule has 0 saturated heterocycles. The Hall–Kier alpha value is -2.21. The smallest absolute Gasteiger partial charge is 0.317 e. The predicted molar refractivity (Wildman–Crippen MR) is 127 cm³/mol. The first-order valence-corrected chi connectivity index (χ1v) is 11.8. The molecule has 6 heteroatoms. The Balaban J connectivity index is 2.56. The van der Waals surface area contributed by atoms with Gasteiger partial charge in [-0.2, -0.15) is 0 Å². The van der Waals surface area contributed by atoms with Gasteiger partial charge in [-0.1, -0.05) is 72.7 Å². The third-order valence-corrected chi connectivity index (χ3v) is 6.05. The van der Waals surface area contributed by atoms with E-state index < -0.39 is 41.1 Å². The highest BCUT2D eigenvalue weighted by molar-refractivity contribution is 6.02. The summed E-state index contributed by atoms with van der Waals surface area (Å²) in [7, 11) is 0. The average molecular weight is 461 g/mol. The Morgan fingerprint density at radius 3 is 1.94 bits per heavy atom. The molecule has 184 valence electrons. The van der Waals surface area contributed by atoms with Crippen LogP contribution in [0.4, 0.5) is 0 Å². The van der Waals surface area contributed by atoms with Gasteiger partial charge < -0.3 is 14.6 Å². The lowest BCUT2D eigenvalue weighted by molar-refractivity contribution is -0.173. The molecule has 0 heterocycles. The highest BCUT2D eigenvalue weighted by Gasteiger charge is 2.57. The van der Waals surface area contributed by atoms with E-state index in [-0.39, 0.29) is 36.9 Å². The van der Waals surface area contributed by atoms with E-state index in [4.69, 9.17) is 9.47 Å². The first-order valence-electron chi connectivity index (χ1n) is 11.8. The Morgan fingerprint density at radius 2 is 1.48 bits per heavy atom. The minimum absolute atomic E-state index is 0.0857. The van der Waals surface area contributed by atoms with Gasteiger partial charge in [0.15, 0.2) is 5.78 Å². The van der Waals surface area contributed by atoms with Gasteiger partial charge in [0.1, 0.15) is 5.92 Å². The lowest BCUT2D eigenvalue weighted by Crippen LogP contribution is -2.55. The molecule has 1 aliphatic carbocycles. The maximum Gasteiger partial charge on any atom is 0.317 e. The second kappa shape index (κ2) is 10.4. The molecule has 1 saturated carbocycles. The number of aliphatic hydroxyl groups is 1. The molecule has 0 aromatic heterocycles. The molecule has 1 aromatic carbocycles. The van der Waals surface area contributed by atoms with E-state index in [0.29, 0.717) is 5.56 Å². The zero-order valence-electron chi connectivity index (χ0n) is 21.3. The van der Waals surface area contributed by atoms with Gasteiger partial charge in [-0.15, -0.1) is 0 Å². The second-order valence-corrected chi connectivity index (χ2v) is 11.4. The van der Waals surface area contributed by atoms with Crippen LogP contribution in [0.1, 0.15) is 78.9 Å². The Morgan fingerprint density at radius 1 is 1.00 bits per heavy atom. The largest absolute Gasteiger partial charge is 0.465 e. The summed E-state index contributed by atoms with van der Waals surface area (Å²) in [6, 6.07) is 7.56. The van der Waals surface area contributed by atoms with E-state index >= 15 is 0 Å². The standard InChI is InChI=1S/C27H40O6/c1-16(2)14-32-24(29)22-20(28)13-27(8,31)23(25(30)33-15-17(3)4)21(22)18-9-11-19(12-10-18)26(5,6)7/h9-12,16-17,21-23,31H,13-15H2,1-8H3/t21-,22+,23+,27-/m0/s1. The highest BCUT2D eigenvalue weighted by atomic mass is 16.5. The van der Waals surface area contributed by atoms with Crippen molar-refractivity contribution >= 4 is 17.7 Å². The second-order valence-electron chi connectivity index (χ2n) is 11.4. The fraction of sp³-hybridized carbons (Fsp3) is 0.667. The summed E-state index contributed by atoms with van der Waals surface area (Å²) in [5, 5.41) is 11.2. The number of rotatable bonds is 7. The summed E-state index contributed by atoms with van der Waals surface area (Å²) >= 11 is 0. The van der Waals surface area contributed by atoms with E-state index in [1.807, 2.05) is 52.0 Å². The average Bonchev–Trinajstić information content (AvgIpc) is 2.68. The summed E-state index contributed by atoms with van der Waals surface area (Å²) in [6.45, 7) is 15.8. The number of Topliss-reactive ketones (excluding diaryl/α,β-unsaturated/α-hetero) is 1. The van der Waals surface area contributed by atoms with Gasteiger partial charge in [0, 0.05) is 12.3 Å². The molecule has 0 bridgehead atoms. The first kappa shape index (κ1) is 27.0. The number of hydrogen-bond acceptors (Lipinski definition) is 6. The molecule has 0 aliphatic heterocycles. The predicted octanol–water partition coefficient (Wildman–Crippen LogP) is 4.42.